The quantitative estimate of drug-likeness (QED) is 0.203. The van der Waals surface area contributed by atoms with Gasteiger partial charge in [0, 0.05) is 14.6 Å². The van der Waals surface area contributed by atoms with Crippen molar-refractivity contribution in [2.45, 2.75) is 0 Å². The summed E-state index contributed by atoms with van der Waals surface area (Å²) in [4.78, 5) is 2.27. The fourth-order valence-corrected chi connectivity index (χ4v) is 5.77. The molecule has 0 saturated heterocycles. The molecule has 1 aliphatic heterocycles. The van der Waals surface area contributed by atoms with Crippen LogP contribution >= 0.6 is 31.9 Å². The second kappa shape index (κ2) is 9.41. The van der Waals surface area contributed by atoms with Crippen LogP contribution in [0, 0.1) is 0 Å². The molecule has 0 N–H and O–H groups in total. The molecule has 5 aromatic carbocycles. The monoisotopic (exact) mass is 579 g/mol. The van der Waals surface area contributed by atoms with Gasteiger partial charge in [-0.2, -0.15) is 0 Å². The van der Waals surface area contributed by atoms with Gasteiger partial charge in [0.2, 0.25) is 6.71 Å². The van der Waals surface area contributed by atoms with Crippen LogP contribution in [0.4, 0.5) is 17.1 Å². The summed E-state index contributed by atoms with van der Waals surface area (Å²) in [6.45, 7) is 0.0828. The van der Waals surface area contributed by atoms with Gasteiger partial charge in [0.05, 0.1) is 11.4 Å². The number of rotatable bonds is 4. The van der Waals surface area contributed by atoms with Gasteiger partial charge in [-0.15, -0.1) is 0 Å². The molecule has 0 bridgehead atoms. The van der Waals surface area contributed by atoms with Gasteiger partial charge in [-0.3, -0.25) is 0 Å². The number of hydrogen-bond acceptors (Lipinski definition) is 2. The Morgan fingerprint density at radius 1 is 0.514 bits per heavy atom. The number of benzene rings is 5. The maximum absolute atomic E-state index is 6.18. The molecule has 5 heteroatoms. The summed E-state index contributed by atoms with van der Waals surface area (Å²) in [5.74, 6) is 1.71. The van der Waals surface area contributed by atoms with E-state index in [1.807, 2.05) is 36.4 Å². The van der Waals surface area contributed by atoms with Crippen molar-refractivity contribution >= 4 is 72.0 Å². The Labute approximate surface area is 222 Å². The first-order valence-electron chi connectivity index (χ1n) is 11.5. The molecule has 0 amide bonds. The van der Waals surface area contributed by atoms with E-state index in [9.17, 15) is 0 Å². The lowest BCUT2D eigenvalue weighted by molar-refractivity contribution is 0.477. The Bertz CT molecular complexity index is 1430. The zero-order chi connectivity index (χ0) is 23.8. The summed E-state index contributed by atoms with van der Waals surface area (Å²) in [7, 11) is 0. The minimum absolute atomic E-state index is 0.0828. The summed E-state index contributed by atoms with van der Waals surface area (Å²) in [6.07, 6.45) is 0. The number of anilines is 3. The molecule has 1 aliphatic rings. The van der Waals surface area contributed by atoms with Gasteiger partial charge in [-0.05, 0) is 48.5 Å². The fraction of sp³-hybridized carbons (Fsp3) is 0. The van der Waals surface area contributed by atoms with Crippen molar-refractivity contribution in [3.63, 3.8) is 0 Å². The molecular formula is C30H20BBr2NO. The van der Waals surface area contributed by atoms with Crippen LogP contribution in [-0.4, -0.2) is 6.71 Å². The predicted molar refractivity (Wildman–Crippen MR) is 154 cm³/mol. The van der Waals surface area contributed by atoms with E-state index in [0.29, 0.717) is 0 Å². The second-order valence-electron chi connectivity index (χ2n) is 8.44. The van der Waals surface area contributed by atoms with E-state index in [1.54, 1.807) is 0 Å². The zero-order valence-corrected chi connectivity index (χ0v) is 21.9. The van der Waals surface area contributed by atoms with Crippen molar-refractivity contribution in [2.75, 3.05) is 4.90 Å². The Morgan fingerprint density at radius 2 is 0.971 bits per heavy atom. The van der Waals surface area contributed by atoms with Crippen LogP contribution in [-0.2, 0) is 0 Å². The predicted octanol–water partition coefficient (Wildman–Crippen LogP) is 7.30. The molecule has 0 atom stereocenters. The first kappa shape index (κ1) is 22.2. The van der Waals surface area contributed by atoms with Gasteiger partial charge < -0.3 is 9.64 Å². The van der Waals surface area contributed by atoms with Gasteiger partial charge in [-0.25, -0.2) is 0 Å². The molecule has 0 aliphatic carbocycles. The second-order valence-corrected chi connectivity index (χ2v) is 10.1. The standard InChI is InChI=1S/C30H20BBr2NO/c32-25-11-3-1-9-23(25)31(24-10-2-4-12-26(24)33)21-17-19-22(20-18-21)34-27-13-5-7-15-29(27)35-30-16-8-6-14-28(30)34/h1-20H. The third-order valence-corrected chi connectivity index (χ3v) is 7.79. The van der Waals surface area contributed by atoms with Crippen LogP contribution in [0.3, 0.4) is 0 Å². The molecule has 0 radical (unpaired) electrons. The Balaban J connectivity index is 1.47. The topological polar surface area (TPSA) is 12.5 Å². The van der Waals surface area contributed by atoms with E-state index in [1.165, 1.54) is 16.4 Å². The van der Waals surface area contributed by atoms with Crippen LogP contribution < -0.4 is 26.0 Å². The number of halogens is 2. The van der Waals surface area contributed by atoms with Crippen LogP contribution in [0.1, 0.15) is 0 Å². The zero-order valence-electron chi connectivity index (χ0n) is 18.7. The molecule has 2 nitrogen and oxygen atoms in total. The summed E-state index contributed by atoms with van der Waals surface area (Å²) < 4.78 is 8.38. The number of fused-ring (bicyclic) bond motifs is 2. The fourth-order valence-electron chi connectivity index (χ4n) is 4.74. The molecule has 168 valence electrons. The van der Waals surface area contributed by atoms with Crippen molar-refractivity contribution in [3.8, 4) is 11.5 Å². The van der Waals surface area contributed by atoms with Gasteiger partial charge in [0.1, 0.15) is 0 Å². The maximum atomic E-state index is 6.18. The van der Waals surface area contributed by atoms with E-state index in [2.05, 4.69) is 122 Å². The minimum atomic E-state index is 0.0828. The molecule has 35 heavy (non-hydrogen) atoms. The average molecular weight is 581 g/mol. The van der Waals surface area contributed by atoms with Crippen molar-refractivity contribution in [1.29, 1.82) is 0 Å². The highest BCUT2D eigenvalue weighted by molar-refractivity contribution is 9.11. The first-order valence-corrected chi connectivity index (χ1v) is 13.0. The van der Waals surface area contributed by atoms with Crippen molar-refractivity contribution in [2.24, 2.45) is 0 Å². The third kappa shape index (κ3) is 4.09. The van der Waals surface area contributed by atoms with Crippen LogP contribution in [0.5, 0.6) is 11.5 Å². The van der Waals surface area contributed by atoms with Crippen molar-refractivity contribution < 1.29 is 4.74 Å². The minimum Gasteiger partial charge on any atom is -0.453 e. The number of nitrogens with zero attached hydrogens (tertiary/aromatic N) is 1. The number of para-hydroxylation sites is 4. The summed E-state index contributed by atoms with van der Waals surface area (Å²) in [5.41, 5.74) is 6.85. The van der Waals surface area contributed by atoms with E-state index in [0.717, 1.165) is 37.5 Å². The Kier molecular flexibility index (Phi) is 5.97. The smallest absolute Gasteiger partial charge is 0.244 e. The third-order valence-electron chi connectivity index (χ3n) is 6.35. The molecule has 6 rings (SSSR count). The van der Waals surface area contributed by atoms with Gasteiger partial charge in [0.25, 0.3) is 0 Å². The lowest BCUT2D eigenvalue weighted by Crippen LogP contribution is -2.53. The van der Waals surface area contributed by atoms with E-state index < -0.39 is 0 Å². The molecular weight excluding hydrogens is 561 g/mol. The van der Waals surface area contributed by atoms with E-state index in [4.69, 9.17) is 4.74 Å². The maximum Gasteiger partial charge on any atom is 0.244 e. The van der Waals surface area contributed by atoms with Crippen molar-refractivity contribution in [1.82, 2.24) is 0 Å². The highest BCUT2D eigenvalue weighted by Crippen LogP contribution is 2.49. The lowest BCUT2D eigenvalue weighted by Gasteiger charge is -2.33. The van der Waals surface area contributed by atoms with Gasteiger partial charge in [-0.1, -0.05) is 121 Å². The number of ether oxygens (including phenoxy) is 1. The molecule has 0 spiro atoms. The highest BCUT2D eigenvalue weighted by Gasteiger charge is 2.28. The SMILES string of the molecule is Brc1ccccc1B(c1ccc(N2c3ccccc3Oc3ccccc32)cc1)c1ccccc1Br. The van der Waals surface area contributed by atoms with E-state index >= 15 is 0 Å². The Morgan fingerprint density at radius 3 is 1.49 bits per heavy atom. The van der Waals surface area contributed by atoms with Crippen molar-refractivity contribution in [3.05, 3.63) is 130 Å². The highest BCUT2D eigenvalue weighted by atomic mass is 79.9. The van der Waals surface area contributed by atoms with Crippen LogP contribution in [0.2, 0.25) is 0 Å². The molecule has 0 saturated carbocycles. The molecule has 5 aromatic rings. The van der Waals surface area contributed by atoms with Crippen LogP contribution in [0.25, 0.3) is 0 Å². The normalized spacial score (nSPS) is 11.9. The molecule has 0 unspecified atom stereocenters. The molecule has 0 aromatic heterocycles. The average Bonchev–Trinajstić information content (AvgIpc) is 2.90. The van der Waals surface area contributed by atoms with Crippen LogP contribution in [0.15, 0.2) is 130 Å². The largest absolute Gasteiger partial charge is 0.453 e. The Hall–Kier alpha value is -3.28. The summed E-state index contributed by atoms with van der Waals surface area (Å²) in [5, 5.41) is 0. The first-order chi connectivity index (χ1) is 17.2. The van der Waals surface area contributed by atoms with E-state index in [-0.39, 0.29) is 6.71 Å². The molecule has 0 fully saturated rings. The number of hydrogen-bond donors (Lipinski definition) is 0. The van der Waals surface area contributed by atoms with Gasteiger partial charge >= 0.3 is 0 Å². The molecule has 1 heterocycles. The lowest BCUT2D eigenvalue weighted by atomic mass is 9.37. The summed E-state index contributed by atoms with van der Waals surface area (Å²) >= 11 is 7.58. The van der Waals surface area contributed by atoms with Gasteiger partial charge in [0.15, 0.2) is 11.5 Å². The summed E-state index contributed by atoms with van der Waals surface area (Å²) in [6, 6.07) is 42.1.